The van der Waals surface area contributed by atoms with Crippen LogP contribution in [-0.2, 0) is 6.54 Å². The van der Waals surface area contributed by atoms with Gasteiger partial charge in [-0.05, 0) is 45.4 Å². The molecule has 1 aromatic heterocycles. The summed E-state index contributed by atoms with van der Waals surface area (Å²) < 4.78 is 7.54. The number of nitrogens with one attached hydrogen (secondary N) is 1. The summed E-state index contributed by atoms with van der Waals surface area (Å²) in [5, 5.41) is 7.85. The predicted octanol–water partition coefficient (Wildman–Crippen LogP) is 2.98. The van der Waals surface area contributed by atoms with Crippen LogP contribution in [-0.4, -0.2) is 22.9 Å². The lowest BCUT2D eigenvalue weighted by Crippen LogP contribution is -2.09. The summed E-state index contributed by atoms with van der Waals surface area (Å²) in [4.78, 5) is 0. The van der Waals surface area contributed by atoms with E-state index in [-0.39, 0.29) is 0 Å². The van der Waals surface area contributed by atoms with Gasteiger partial charge >= 0.3 is 0 Å². The summed E-state index contributed by atoms with van der Waals surface area (Å²) >= 11 is 0. The number of hydrogen-bond donors (Lipinski definition) is 2. The number of aromatic nitrogens is 2. The second-order valence-electron chi connectivity index (χ2n) is 5.12. The third-order valence-corrected chi connectivity index (χ3v) is 3.29. The summed E-state index contributed by atoms with van der Waals surface area (Å²) in [6, 6.07) is 7.89. The highest BCUT2D eigenvalue weighted by atomic mass is 16.5. The van der Waals surface area contributed by atoms with Crippen LogP contribution < -0.4 is 15.8 Å². The van der Waals surface area contributed by atoms with Gasteiger partial charge in [-0.2, -0.15) is 5.10 Å². The minimum Gasteiger partial charge on any atom is -0.492 e. The molecule has 3 N–H and O–H groups in total. The van der Waals surface area contributed by atoms with Crippen molar-refractivity contribution in [3.8, 4) is 5.75 Å². The molecule has 0 aliphatic carbocycles. The van der Waals surface area contributed by atoms with Crippen LogP contribution in [0.4, 0.5) is 11.4 Å². The number of nitrogen functional groups attached to an aromatic ring is 1. The van der Waals surface area contributed by atoms with E-state index in [0.717, 1.165) is 36.6 Å². The van der Waals surface area contributed by atoms with Crippen LogP contribution in [0, 0.1) is 13.8 Å². The van der Waals surface area contributed by atoms with Crippen LogP contribution in [0.15, 0.2) is 24.3 Å². The Balaban J connectivity index is 1.83. The Morgan fingerprint density at radius 1 is 1.29 bits per heavy atom. The van der Waals surface area contributed by atoms with Crippen LogP contribution in [0.25, 0.3) is 0 Å². The van der Waals surface area contributed by atoms with Crippen molar-refractivity contribution in [2.75, 3.05) is 24.2 Å². The highest BCUT2D eigenvalue weighted by molar-refractivity contribution is 5.61. The summed E-state index contributed by atoms with van der Waals surface area (Å²) in [5.41, 5.74) is 9.84. The van der Waals surface area contributed by atoms with E-state index in [1.165, 1.54) is 5.69 Å². The number of benzene rings is 1. The van der Waals surface area contributed by atoms with Crippen LogP contribution in [0.2, 0.25) is 0 Å². The first-order chi connectivity index (χ1) is 10.1. The van der Waals surface area contributed by atoms with Crippen molar-refractivity contribution >= 4 is 11.4 Å². The van der Waals surface area contributed by atoms with Gasteiger partial charge < -0.3 is 15.8 Å². The molecular weight excluding hydrogens is 264 g/mol. The summed E-state index contributed by atoms with van der Waals surface area (Å²) in [7, 11) is 0. The zero-order chi connectivity index (χ0) is 15.2. The quantitative estimate of drug-likeness (QED) is 0.607. The monoisotopic (exact) mass is 288 g/mol. The molecule has 0 unspecified atom stereocenters. The molecule has 0 fully saturated rings. The Hall–Kier alpha value is -2.17. The standard InChI is InChI=1S/C16H24N4O/c1-4-21-16-11-14(6-7-15(16)17)18-8-5-9-20-13(3)10-12(2)19-20/h6-7,10-11,18H,4-5,8-9,17H2,1-3H3. The number of ether oxygens (including phenoxy) is 1. The van der Waals surface area contributed by atoms with Crippen molar-refractivity contribution in [1.29, 1.82) is 0 Å². The highest BCUT2D eigenvalue weighted by Gasteiger charge is 2.03. The molecule has 21 heavy (non-hydrogen) atoms. The number of nitrogens with two attached hydrogens (primary N) is 1. The lowest BCUT2D eigenvalue weighted by molar-refractivity contribution is 0.342. The molecule has 0 aliphatic rings. The molecule has 2 aromatic rings. The fraction of sp³-hybridized carbons (Fsp3) is 0.438. The topological polar surface area (TPSA) is 65.1 Å². The number of anilines is 2. The van der Waals surface area contributed by atoms with Gasteiger partial charge in [0.15, 0.2) is 0 Å². The van der Waals surface area contributed by atoms with E-state index in [0.29, 0.717) is 12.3 Å². The molecule has 2 rings (SSSR count). The van der Waals surface area contributed by atoms with E-state index in [1.54, 1.807) is 0 Å². The average Bonchev–Trinajstić information content (AvgIpc) is 2.77. The summed E-state index contributed by atoms with van der Waals surface area (Å²) in [6.07, 6.45) is 1.01. The second kappa shape index (κ2) is 7.02. The molecule has 5 nitrogen and oxygen atoms in total. The normalized spacial score (nSPS) is 10.6. The Bertz CT molecular complexity index is 592. The summed E-state index contributed by atoms with van der Waals surface area (Å²) in [6.45, 7) is 8.47. The molecule has 0 aliphatic heterocycles. The van der Waals surface area contributed by atoms with E-state index in [9.17, 15) is 0 Å². The number of nitrogens with zero attached hydrogens (tertiary/aromatic N) is 2. The van der Waals surface area contributed by atoms with Gasteiger partial charge in [-0.3, -0.25) is 4.68 Å². The molecular formula is C16H24N4O. The van der Waals surface area contributed by atoms with Crippen LogP contribution in [0.3, 0.4) is 0 Å². The fourth-order valence-corrected chi connectivity index (χ4v) is 2.29. The SMILES string of the molecule is CCOc1cc(NCCCn2nc(C)cc2C)ccc1N. The Morgan fingerprint density at radius 2 is 2.10 bits per heavy atom. The molecule has 0 saturated carbocycles. The number of hydrogen-bond acceptors (Lipinski definition) is 4. The number of aryl methyl sites for hydroxylation is 3. The first-order valence-electron chi connectivity index (χ1n) is 7.37. The van der Waals surface area contributed by atoms with Crippen molar-refractivity contribution in [2.45, 2.75) is 33.7 Å². The largest absolute Gasteiger partial charge is 0.492 e. The molecule has 0 bridgehead atoms. The fourth-order valence-electron chi connectivity index (χ4n) is 2.29. The molecule has 0 spiro atoms. The van der Waals surface area contributed by atoms with Gasteiger partial charge in [-0.1, -0.05) is 0 Å². The average molecular weight is 288 g/mol. The van der Waals surface area contributed by atoms with Gasteiger partial charge in [-0.25, -0.2) is 0 Å². The minimum absolute atomic E-state index is 0.617. The van der Waals surface area contributed by atoms with Crippen molar-refractivity contribution in [3.05, 3.63) is 35.7 Å². The van der Waals surface area contributed by atoms with Crippen LogP contribution >= 0.6 is 0 Å². The van der Waals surface area contributed by atoms with Gasteiger partial charge in [0.2, 0.25) is 0 Å². The number of rotatable bonds is 7. The van der Waals surface area contributed by atoms with Gasteiger partial charge in [0.05, 0.1) is 18.0 Å². The Kier molecular flexibility index (Phi) is 5.09. The molecule has 0 radical (unpaired) electrons. The maximum Gasteiger partial charge on any atom is 0.144 e. The lowest BCUT2D eigenvalue weighted by Gasteiger charge is -2.11. The van der Waals surface area contributed by atoms with E-state index in [1.807, 2.05) is 36.7 Å². The third-order valence-electron chi connectivity index (χ3n) is 3.29. The predicted molar refractivity (Wildman–Crippen MR) is 86.8 cm³/mol. The van der Waals surface area contributed by atoms with Crippen molar-refractivity contribution < 1.29 is 4.74 Å². The maximum absolute atomic E-state index is 5.86. The van der Waals surface area contributed by atoms with Crippen molar-refractivity contribution in [3.63, 3.8) is 0 Å². The van der Waals surface area contributed by atoms with Gasteiger partial charge in [0.25, 0.3) is 0 Å². The van der Waals surface area contributed by atoms with Crippen molar-refractivity contribution in [2.24, 2.45) is 0 Å². The highest BCUT2D eigenvalue weighted by Crippen LogP contribution is 2.25. The Labute approximate surface area is 126 Å². The van der Waals surface area contributed by atoms with E-state index >= 15 is 0 Å². The first kappa shape index (κ1) is 15.2. The van der Waals surface area contributed by atoms with Crippen LogP contribution in [0.1, 0.15) is 24.7 Å². The molecule has 1 aromatic carbocycles. The summed E-state index contributed by atoms with van der Waals surface area (Å²) in [5.74, 6) is 0.737. The maximum atomic E-state index is 5.86. The molecule has 0 amide bonds. The zero-order valence-corrected chi connectivity index (χ0v) is 13.0. The minimum atomic E-state index is 0.617. The lowest BCUT2D eigenvalue weighted by atomic mass is 10.2. The molecule has 0 atom stereocenters. The van der Waals surface area contributed by atoms with Gasteiger partial charge in [0, 0.05) is 30.5 Å². The third kappa shape index (κ3) is 4.15. The van der Waals surface area contributed by atoms with E-state index in [2.05, 4.69) is 23.4 Å². The smallest absolute Gasteiger partial charge is 0.144 e. The van der Waals surface area contributed by atoms with Gasteiger partial charge in [0.1, 0.15) is 5.75 Å². The zero-order valence-electron chi connectivity index (χ0n) is 13.0. The first-order valence-corrected chi connectivity index (χ1v) is 7.37. The molecule has 0 saturated heterocycles. The molecule has 5 heteroatoms. The van der Waals surface area contributed by atoms with Gasteiger partial charge in [-0.15, -0.1) is 0 Å². The van der Waals surface area contributed by atoms with Crippen molar-refractivity contribution in [1.82, 2.24) is 9.78 Å². The van der Waals surface area contributed by atoms with E-state index in [4.69, 9.17) is 10.5 Å². The van der Waals surface area contributed by atoms with Crippen LogP contribution in [0.5, 0.6) is 5.75 Å². The molecule has 114 valence electrons. The Morgan fingerprint density at radius 3 is 2.76 bits per heavy atom. The second-order valence-corrected chi connectivity index (χ2v) is 5.12. The van der Waals surface area contributed by atoms with E-state index < -0.39 is 0 Å². The molecule has 1 heterocycles.